The van der Waals surface area contributed by atoms with E-state index in [0.29, 0.717) is 29.5 Å². The van der Waals surface area contributed by atoms with Gasteiger partial charge in [-0.05, 0) is 48.4 Å². The number of ether oxygens (including phenoxy) is 1. The van der Waals surface area contributed by atoms with Gasteiger partial charge in [-0.25, -0.2) is 17.7 Å². The first-order valence-electron chi connectivity index (χ1n) is 11.7. The number of carbonyl (C=O) groups excluding carboxylic acids is 1. The van der Waals surface area contributed by atoms with Crippen LogP contribution in [0.3, 0.4) is 0 Å². The van der Waals surface area contributed by atoms with Crippen LogP contribution in [-0.4, -0.2) is 44.3 Å². The number of hydrogen-bond acceptors (Lipinski definition) is 6. The molecule has 1 heterocycles. The highest BCUT2D eigenvalue weighted by Crippen LogP contribution is 2.33. The second kappa shape index (κ2) is 11.2. The largest absolute Gasteiger partial charge is 0.497 e. The van der Waals surface area contributed by atoms with Gasteiger partial charge in [0.05, 0.1) is 28.8 Å². The molecule has 0 radical (unpaired) electrons. The molecule has 0 fully saturated rings. The number of hydrogen-bond donors (Lipinski definition) is 0. The van der Waals surface area contributed by atoms with Gasteiger partial charge < -0.3 is 4.74 Å². The SMILES string of the molecule is CCCCN(C)S(=O)(=O)c1ccc(C(=O)N(Cc2ccccc2)c2nc3cc(OC)ccc3s2)cc1. The molecule has 0 unspecified atom stereocenters. The quantitative estimate of drug-likeness (QED) is 0.271. The Morgan fingerprint density at radius 2 is 1.75 bits per heavy atom. The molecule has 0 atom stereocenters. The standard InChI is InChI=1S/C27H29N3O4S2/c1-4-5-17-29(2)36(32,33)23-14-11-21(12-15-23)26(31)30(19-20-9-7-6-8-10-20)27-28-24-18-22(34-3)13-16-25(24)35-27/h6-16,18H,4-5,17,19H2,1-3H3. The highest BCUT2D eigenvalue weighted by Gasteiger charge is 2.24. The third kappa shape index (κ3) is 5.59. The molecule has 0 saturated carbocycles. The van der Waals surface area contributed by atoms with E-state index in [1.54, 1.807) is 31.2 Å². The Balaban J connectivity index is 1.66. The smallest absolute Gasteiger partial charge is 0.260 e. The van der Waals surface area contributed by atoms with Crippen molar-refractivity contribution in [1.29, 1.82) is 0 Å². The van der Waals surface area contributed by atoms with E-state index in [1.807, 2.05) is 55.5 Å². The molecular formula is C27H29N3O4S2. The highest BCUT2D eigenvalue weighted by molar-refractivity contribution is 7.89. The van der Waals surface area contributed by atoms with Crippen LogP contribution in [0.15, 0.2) is 77.7 Å². The fourth-order valence-electron chi connectivity index (χ4n) is 3.74. The zero-order valence-electron chi connectivity index (χ0n) is 20.5. The summed E-state index contributed by atoms with van der Waals surface area (Å²) in [6, 6.07) is 21.5. The van der Waals surface area contributed by atoms with Gasteiger partial charge in [0.25, 0.3) is 5.91 Å². The number of anilines is 1. The van der Waals surface area contributed by atoms with Crippen LogP contribution in [-0.2, 0) is 16.6 Å². The van der Waals surface area contributed by atoms with E-state index < -0.39 is 10.0 Å². The zero-order valence-corrected chi connectivity index (χ0v) is 22.2. The molecule has 0 saturated heterocycles. The van der Waals surface area contributed by atoms with Gasteiger partial charge in [0.1, 0.15) is 5.75 Å². The van der Waals surface area contributed by atoms with Crippen molar-refractivity contribution in [2.24, 2.45) is 0 Å². The molecule has 188 valence electrons. The predicted octanol–water partition coefficient (Wildman–Crippen LogP) is 5.57. The molecule has 0 bridgehead atoms. The van der Waals surface area contributed by atoms with E-state index in [9.17, 15) is 13.2 Å². The van der Waals surface area contributed by atoms with Gasteiger partial charge in [0.2, 0.25) is 10.0 Å². The molecule has 1 amide bonds. The van der Waals surface area contributed by atoms with Crippen LogP contribution in [0.5, 0.6) is 5.75 Å². The minimum absolute atomic E-state index is 0.166. The maximum atomic E-state index is 13.7. The summed E-state index contributed by atoms with van der Waals surface area (Å²) in [6.07, 6.45) is 1.69. The summed E-state index contributed by atoms with van der Waals surface area (Å²) >= 11 is 1.42. The molecule has 3 aromatic carbocycles. The van der Waals surface area contributed by atoms with Crippen LogP contribution >= 0.6 is 11.3 Å². The Labute approximate surface area is 216 Å². The molecule has 9 heteroatoms. The monoisotopic (exact) mass is 523 g/mol. The van der Waals surface area contributed by atoms with Crippen molar-refractivity contribution in [3.63, 3.8) is 0 Å². The third-order valence-electron chi connectivity index (χ3n) is 5.88. The van der Waals surface area contributed by atoms with Crippen molar-refractivity contribution in [2.45, 2.75) is 31.2 Å². The van der Waals surface area contributed by atoms with E-state index in [1.165, 1.54) is 27.8 Å². The number of aromatic nitrogens is 1. The fraction of sp³-hybridized carbons (Fsp3) is 0.259. The Bertz CT molecular complexity index is 1440. The predicted molar refractivity (Wildman–Crippen MR) is 144 cm³/mol. The lowest BCUT2D eigenvalue weighted by atomic mass is 10.1. The van der Waals surface area contributed by atoms with Gasteiger partial charge in [0, 0.05) is 25.2 Å². The minimum Gasteiger partial charge on any atom is -0.497 e. The van der Waals surface area contributed by atoms with Crippen molar-refractivity contribution in [3.8, 4) is 5.75 Å². The number of amides is 1. The summed E-state index contributed by atoms with van der Waals surface area (Å²) in [7, 11) is -0.433. The molecule has 7 nitrogen and oxygen atoms in total. The molecule has 0 aliphatic carbocycles. The molecule has 4 rings (SSSR count). The van der Waals surface area contributed by atoms with Crippen molar-refractivity contribution in [2.75, 3.05) is 25.6 Å². The summed E-state index contributed by atoms with van der Waals surface area (Å²) in [5.41, 5.74) is 2.09. The van der Waals surface area contributed by atoms with E-state index in [2.05, 4.69) is 0 Å². The first kappa shape index (κ1) is 25.8. The number of rotatable bonds is 10. The number of nitrogens with zero attached hydrogens (tertiary/aromatic N) is 3. The Morgan fingerprint density at radius 1 is 1.03 bits per heavy atom. The second-order valence-electron chi connectivity index (χ2n) is 8.41. The number of carbonyl (C=O) groups is 1. The van der Waals surface area contributed by atoms with Gasteiger partial charge in [-0.15, -0.1) is 0 Å². The molecule has 4 aromatic rings. The van der Waals surface area contributed by atoms with Crippen molar-refractivity contribution in [3.05, 3.63) is 83.9 Å². The first-order chi connectivity index (χ1) is 17.3. The lowest BCUT2D eigenvalue weighted by Crippen LogP contribution is -2.30. The van der Waals surface area contributed by atoms with E-state index >= 15 is 0 Å². The first-order valence-corrected chi connectivity index (χ1v) is 14.0. The molecule has 36 heavy (non-hydrogen) atoms. The number of methoxy groups -OCH3 is 1. The molecular weight excluding hydrogens is 494 g/mol. The van der Waals surface area contributed by atoms with E-state index in [4.69, 9.17) is 9.72 Å². The highest BCUT2D eigenvalue weighted by atomic mass is 32.2. The van der Waals surface area contributed by atoms with Crippen molar-refractivity contribution in [1.82, 2.24) is 9.29 Å². The van der Waals surface area contributed by atoms with Gasteiger partial charge in [-0.3, -0.25) is 9.69 Å². The van der Waals surface area contributed by atoms with Crippen LogP contribution < -0.4 is 9.64 Å². The summed E-state index contributed by atoms with van der Waals surface area (Å²) in [5.74, 6) is 0.439. The second-order valence-corrected chi connectivity index (χ2v) is 11.5. The van der Waals surface area contributed by atoms with Crippen molar-refractivity contribution >= 4 is 42.6 Å². The molecule has 0 aliphatic heterocycles. The molecule has 1 aromatic heterocycles. The van der Waals surface area contributed by atoms with Gasteiger partial charge in [-0.1, -0.05) is 55.0 Å². The van der Waals surface area contributed by atoms with Crippen LogP contribution in [0.1, 0.15) is 35.7 Å². The average Bonchev–Trinajstić information content (AvgIpc) is 3.33. The number of sulfonamides is 1. The zero-order chi connectivity index (χ0) is 25.7. The van der Waals surface area contributed by atoms with Crippen LogP contribution in [0.4, 0.5) is 5.13 Å². The van der Waals surface area contributed by atoms with Crippen LogP contribution in [0.25, 0.3) is 10.2 Å². The lowest BCUT2D eigenvalue weighted by molar-refractivity contribution is 0.0985. The minimum atomic E-state index is -3.61. The molecule has 0 N–H and O–H groups in total. The number of thiazole rings is 1. The van der Waals surface area contributed by atoms with Crippen LogP contribution in [0, 0.1) is 0 Å². The lowest BCUT2D eigenvalue weighted by Gasteiger charge is -2.21. The number of benzene rings is 3. The van der Waals surface area contributed by atoms with Gasteiger partial charge in [-0.2, -0.15) is 0 Å². The Kier molecular flexibility index (Phi) is 8.03. The number of fused-ring (bicyclic) bond motifs is 1. The normalized spacial score (nSPS) is 11.7. The Hall–Kier alpha value is -3.27. The van der Waals surface area contributed by atoms with Gasteiger partial charge in [0.15, 0.2) is 5.13 Å². The van der Waals surface area contributed by atoms with Gasteiger partial charge >= 0.3 is 0 Å². The topological polar surface area (TPSA) is 79.8 Å². The summed E-state index contributed by atoms with van der Waals surface area (Å²) in [4.78, 5) is 20.2. The fourth-order valence-corrected chi connectivity index (χ4v) is 5.89. The molecule has 0 aliphatic rings. The summed E-state index contributed by atoms with van der Waals surface area (Å²) in [6.45, 7) is 2.80. The van der Waals surface area contributed by atoms with Crippen molar-refractivity contribution < 1.29 is 17.9 Å². The number of unbranched alkanes of at least 4 members (excludes halogenated alkanes) is 1. The molecule has 0 spiro atoms. The average molecular weight is 524 g/mol. The van der Waals surface area contributed by atoms with E-state index in [0.717, 1.165) is 28.6 Å². The maximum absolute atomic E-state index is 13.7. The summed E-state index contributed by atoms with van der Waals surface area (Å²) in [5, 5.41) is 0.558. The summed E-state index contributed by atoms with van der Waals surface area (Å²) < 4.78 is 33.4. The van der Waals surface area contributed by atoms with E-state index in [-0.39, 0.29) is 10.8 Å². The maximum Gasteiger partial charge on any atom is 0.260 e. The third-order valence-corrected chi connectivity index (χ3v) is 8.81. The Morgan fingerprint density at radius 3 is 2.42 bits per heavy atom. The van der Waals surface area contributed by atoms with Crippen LogP contribution in [0.2, 0.25) is 0 Å².